The molecule has 14 heavy (non-hydrogen) atoms. The number of carbonyl (C=O) groups excluding carboxylic acids is 1. The van der Waals surface area contributed by atoms with Crippen molar-refractivity contribution in [2.45, 2.75) is 19.8 Å². The standard InChI is InChI=1S/C11H11BrO2/c1-6-5-7-3-4-8(13)9(7)10(12)11(6)14-2/h5H,3-4H2,1-2H3. The lowest BCUT2D eigenvalue weighted by Gasteiger charge is -2.10. The van der Waals surface area contributed by atoms with E-state index in [1.807, 2.05) is 13.0 Å². The van der Waals surface area contributed by atoms with Crippen LogP contribution in [0.3, 0.4) is 0 Å². The molecular weight excluding hydrogens is 244 g/mol. The maximum Gasteiger partial charge on any atom is 0.164 e. The first-order chi connectivity index (χ1) is 6.65. The summed E-state index contributed by atoms with van der Waals surface area (Å²) in [6, 6.07) is 2.05. The summed E-state index contributed by atoms with van der Waals surface area (Å²) in [7, 11) is 1.62. The summed E-state index contributed by atoms with van der Waals surface area (Å²) in [6.45, 7) is 1.99. The quantitative estimate of drug-likeness (QED) is 0.771. The van der Waals surface area contributed by atoms with Gasteiger partial charge in [0.25, 0.3) is 0 Å². The van der Waals surface area contributed by atoms with E-state index in [9.17, 15) is 4.79 Å². The minimum absolute atomic E-state index is 0.213. The average Bonchev–Trinajstić information content (AvgIpc) is 2.48. The molecule has 1 aliphatic rings. The number of ether oxygens (including phenoxy) is 1. The number of carbonyl (C=O) groups is 1. The summed E-state index contributed by atoms with van der Waals surface area (Å²) >= 11 is 3.44. The van der Waals surface area contributed by atoms with Crippen LogP contribution in [-0.4, -0.2) is 12.9 Å². The monoisotopic (exact) mass is 254 g/mol. The van der Waals surface area contributed by atoms with Crippen LogP contribution in [0.5, 0.6) is 5.75 Å². The molecule has 0 saturated heterocycles. The van der Waals surface area contributed by atoms with Crippen molar-refractivity contribution >= 4 is 21.7 Å². The molecule has 0 amide bonds. The third kappa shape index (κ3) is 1.27. The van der Waals surface area contributed by atoms with Crippen LogP contribution < -0.4 is 4.74 Å². The van der Waals surface area contributed by atoms with Gasteiger partial charge in [0.05, 0.1) is 11.6 Å². The Morgan fingerprint density at radius 3 is 2.79 bits per heavy atom. The summed E-state index contributed by atoms with van der Waals surface area (Å²) < 4.78 is 6.07. The zero-order valence-corrected chi connectivity index (χ0v) is 9.77. The van der Waals surface area contributed by atoms with Crippen LogP contribution in [0.2, 0.25) is 0 Å². The molecule has 0 aliphatic heterocycles. The Bertz CT molecular complexity index is 410. The fourth-order valence-electron chi connectivity index (χ4n) is 1.95. The minimum atomic E-state index is 0.213. The summed E-state index contributed by atoms with van der Waals surface area (Å²) in [5.41, 5.74) is 3.03. The smallest absolute Gasteiger partial charge is 0.164 e. The molecule has 0 saturated carbocycles. The van der Waals surface area contributed by atoms with Gasteiger partial charge in [0.1, 0.15) is 5.75 Å². The highest BCUT2D eigenvalue weighted by Gasteiger charge is 2.25. The predicted octanol–water partition coefficient (Wildman–Crippen LogP) is 2.90. The summed E-state index contributed by atoms with van der Waals surface area (Å²) in [5.74, 6) is 0.990. The molecule has 0 bridgehead atoms. The van der Waals surface area contributed by atoms with Crippen molar-refractivity contribution in [1.29, 1.82) is 0 Å². The molecule has 3 heteroatoms. The van der Waals surface area contributed by atoms with Gasteiger partial charge in [0.15, 0.2) is 5.78 Å². The van der Waals surface area contributed by atoms with Gasteiger partial charge in [0.2, 0.25) is 0 Å². The lowest BCUT2D eigenvalue weighted by molar-refractivity contribution is 0.0993. The van der Waals surface area contributed by atoms with Gasteiger partial charge in [-0.3, -0.25) is 4.79 Å². The number of methoxy groups -OCH3 is 1. The number of ketones is 1. The average molecular weight is 255 g/mol. The molecule has 0 radical (unpaired) electrons. The van der Waals surface area contributed by atoms with Crippen LogP contribution in [0.15, 0.2) is 10.5 Å². The second kappa shape index (κ2) is 3.39. The van der Waals surface area contributed by atoms with Gasteiger partial charge in [-0.15, -0.1) is 0 Å². The van der Waals surface area contributed by atoms with Crippen LogP contribution in [0.4, 0.5) is 0 Å². The molecule has 0 unspecified atom stereocenters. The van der Waals surface area contributed by atoms with Crippen LogP contribution in [-0.2, 0) is 6.42 Å². The maximum atomic E-state index is 11.6. The van der Waals surface area contributed by atoms with Gasteiger partial charge < -0.3 is 4.74 Å². The molecule has 74 valence electrons. The van der Waals surface area contributed by atoms with E-state index >= 15 is 0 Å². The van der Waals surface area contributed by atoms with Gasteiger partial charge in [0, 0.05) is 12.0 Å². The molecule has 2 nitrogen and oxygen atoms in total. The number of halogens is 1. The number of benzene rings is 1. The van der Waals surface area contributed by atoms with E-state index in [1.165, 1.54) is 0 Å². The highest BCUT2D eigenvalue weighted by molar-refractivity contribution is 9.10. The summed E-state index contributed by atoms with van der Waals surface area (Å²) in [6.07, 6.45) is 1.48. The molecule has 2 rings (SSSR count). The number of Topliss-reactive ketones (excluding diaryl/α,β-unsaturated/α-hetero) is 1. The molecule has 1 aliphatic carbocycles. The minimum Gasteiger partial charge on any atom is -0.495 e. The number of hydrogen-bond acceptors (Lipinski definition) is 2. The zero-order chi connectivity index (χ0) is 10.3. The molecular formula is C11H11BrO2. The van der Waals surface area contributed by atoms with E-state index in [4.69, 9.17) is 4.74 Å². The zero-order valence-electron chi connectivity index (χ0n) is 8.19. The molecule has 0 heterocycles. The van der Waals surface area contributed by atoms with Gasteiger partial charge in [-0.1, -0.05) is 6.07 Å². The Kier molecular flexibility index (Phi) is 2.35. The van der Waals surface area contributed by atoms with E-state index in [-0.39, 0.29) is 5.78 Å². The van der Waals surface area contributed by atoms with Crippen molar-refractivity contribution in [2.24, 2.45) is 0 Å². The predicted molar refractivity (Wildman–Crippen MR) is 58.1 cm³/mol. The van der Waals surface area contributed by atoms with Gasteiger partial charge in [-0.25, -0.2) is 0 Å². The second-order valence-electron chi connectivity index (χ2n) is 3.50. The Morgan fingerprint density at radius 1 is 1.43 bits per heavy atom. The second-order valence-corrected chi connectivity index (χ2v) is 4.29. The molecule has 0 atom stereocenters. The molecule has 0 fully saturated rings. The Morgan fingerprint density at radius 2 is 2.14 bits per heavy atom. The largest absolute Gasteiger partial charge is 0.495 e. The summed E-state index contributed by atoms with van der Waals surface area (Å²) in [4.78, 5) is 11.6. The Hall–Kier alpha value is -0.830. The van der Waals surface area contributed by atoms with Crippen LogP contribution in [0.25, 0.3) is 0 Å². The van der Waals surface area contributed by atoms with Crippen molar-refractivity contribution in [3.8, 4) is 5.75 Å². The van der Waals surface area contributed by atoms with Crippen molar-refractivity contribution in [2.75, 3.05) is 7.11 Å². The molecule has 1 aromatic rings. The molecule has 1 aromatic carbocycles. The van der Waals surface area contributed by atoms with Crippen molar-refractivity contribution in [3.05, 3.63) is 27.2 Å². The van der Waals surface area contributed by atoms with Gasteiger partial charge in [-0.05, 0) is 40.4 Å². The first-order valence-electron chi connectivity index (χ1n) is 4.54. The Balaban J connectivity index is 2.70. The van der Waals surface area contributed by atoms with Gasteiger partial charge >= 0.3 is 0 Å². The molecule has 0 N–H and O–H groups in total. The van der Waals surface area contributed by atoms with E-state index in [0.717, 1.165) is 33.3 Å². The van der Waals surface area contributed by atoms with E-state index in [0.29, 0.717) is 6.42 Å². The number of hydrogen-bond donors (Lipinski definition) is 0. The van der Waals surface area contributed by atoms with Crippen LogP contribution in [0, 0.1) is 6.92 Å². The highest BCUT2D eigenvalue weighted by Crippen LogP contribution is 2.38. The molecule has 0 aromatic heterocycles. The normalized spacial score (nSPS) is 14.4. The maximum absolute atomic E-state index is 11.6. The van der Waals surface area contributed by atoms with E-state index in [1.54, 1.807) is 7.11 Å². The Labute approximate surface area is 91.4 Å². The fourth-order valence-corrected chi connectivity index (χ4v) is 2.90. The van der Waals surface area contributed by atoms with Crippen molar-refractivity contribution in [3.63, 3.8) is 0 Å². The first-order valence-corrected chi connectivity index (χ1v) is 5.33. The van der Waals surface area contributed by atoms with Crippen molar-refractivity contribution in [1.82, 2.24) is 0 Å². The number of aryl methyl sites for hydroxylation is 2. The fraction of sp³-hybridized carbons (Fsp3) is 0.364. The lowest BCUT2D eigenvalue weighted by atomic mass is 10.1. The third-order valence-corrected chi connectivity index (χ3v) is 3.35. The molecule has 0 spiro atoms. The third-order valence-electron chi connectivity index (χ3n) is 2.59. The SMILES string of the molecule is COc1c(C)cc2c(c1Br)C(=O)CC2. The van der Waals surface area contributed by atoms with E-state index in [2.05, 4.69) is 15.9 Å². The van der Waals surface area contributed by atoms with Crippen molar-refractivity contribution < 1.29 is 9.53 Å². The summed E-state index contributed by atoms with van der Waals surface area (Å²) in [5, 5.41) is 0. The van der Waals surface area contributed by atoms with Crippen LogP contribution >= 0.6 is 15.9 Å². The van der Waals surface area contributed by atoms with Crippen LogP contribution in [0.1, 0.15) is 27.9 Å². The highest BCUT2D eigenvalue weighted by atomic mass is 79.9. The number of rotatable bonds is 1. The lowest BCUT2D eigenvalue weighted by Crippen LogP contribution is -1.98. The first kappa shape index (κ1) is 9.71. The number of fused-ring (bicyclic) bond motifs is 1. The topological polar surface area (TPSA) is 26.3 Å². The van der Waals surface area contributed by atoms with Gasteiger partial charge in [-0.2, -0.15) is 0 Å². The van der Waals surface area contributed by atoms with E-state index < -0.39 is 0 Å².